The monoisotopic (exact) mass is 212 g/mol. The average Bonchev–Trinajstić information content (AvgIpc) is 2.50. The fraction of sp³-hybridized carbons (Fsp3) is 0.800. The van der Waals surface area contributed by atoms with Crippen molar-refractivity contribution in [3.63, 3.8) is 0 Å². The van der Waals surface area contributed by atoms with E-state index in [0.717, 1.165) is 24.5 Å². The first kappa shape index (κ1) is 12.1. The minimum atomic E-state index is -0.260. The van der Waals surface area contributed by atoms with Crippen LogP contribution in [0.3, 0.4) is 0 Å². The predicted octanol–water partition coefficient (Wildman–Crippen LogP) is 0.374. The zero-order valence-electron chi connectivity index (χ0n) is 9.69. The van der Waals surface area contributed by atoms with Gasteiger partial charge in [-0.1, -0.05) is 13.3 Å². The van der Waals surface area contributed by atoms with Crippen molar-refractivity contribution >= 4 is 0 Å². The van der Waals surface area contributed by atoms with E-state index < -0.39 is 0 Å². The summed E-state index contributed by atoms with van der Waals surface area (Å²) in [6.45, 7) is 5.25. The Balaban J connectivity index is 2.29. The molecule has 1 atom stereocenters. The molecular weight excluding hydrogens is 192 g/mol. The van der Waals surface area contributed by atoms with Crippen molar-refractivity contribution in [1.82, 2.24) is 20.1 Å². The minimum absolute atomic E-state index is 0.260. The first-order valence-electron chi connectivity index (χ1n) is 5.38. The minimum Gasteiger partial charge on any atom is -0.392 e. The lowest BCUT2D eigenvalue weighted by atomic mass is 10.2. The van der Waals surface area contributed by atoms with Crippen LogP contribution < -0.4 is 5.32 Å². The standard InChI is InChI=1S/C10H20N4O/c1-4-5-9(15)6-11-7-10-13-12-8(2)14(10)3/h9,11,15H,4-7H2,1-3H3. The molecule has 1 unspecified atom stereocenters. The molecule has 0 aliphatic carbocycles. The number of rotatable bonds is 6. The summed E-state index contributed by atoms with van der Waals surface area (Å²) in [5, 5.41) is 20.7. The number of nitrogens with zero attached hydrogens (tertiary/aromatic N) is 3. The molecule has 0 amide bonds. The number of hydrogen-bond acceptors (Lipinski definition) is 4. The molecule has 5 heteroatoms. The van der Waals surface area contributed by atoms with Crippen molar-refractivity contribution in [2.45, 2.75) is 39.3 Å². The lowest BCUT2D eigenvalue weighted by Gasteiger charge is -2.10. The summed E-state index contributed by atoms with van der Waals surface area (Å²) in [6, 6.07) is 0. The van der Waals surface area contributed by atoms with Gasteiger partial charge in [-0.2, -0.15) is 0 Å². The van der Waals surface area contributed by atoms with Gasteiger partial charge in [0.15, 0.2) is 0 Å². The maximum atomic E-state index is 9.50. The van der Waals surface area contributed by atoms with Crippen LogP contribution in [-0.2, 0) is 13.6 Å². The molecule has 0 aliphatic rings. The largest absolute Gasteiger partial charge is 0.392 e. The van der Waals surface area contributed by atoms with Crippen molar-refractivity contribution in [3.05, 3.63) is 11.6 Å². The van der Waals surface area contributed by atoms with Crippen LogP contribution in [0, 0.1) is 6.92 Å². The van der Waals surface area contributed by atoms with Crippen LogP contribution in [0.5, 0.6) is 0 Å². The second-order valence-electron chi connectivity index (χ2n) is 3.80. The number of aromatic nitrogens is 3. The van der Waals surface area contributed by atoms with E-state index in [0.29, 0.717) is 13.1 Å². The third-order valence-electron chi connectivity index (χ3n) is 2.47. The third kappa shape index (κ3) is 3.60. The smallest absolute Gasteiger partial charge is 0.146 e. The lowest BCUT2D eigenvalue weighted by molar-refractivity contribution is 0.160. The van der Waals surface area contributed by atoms with Crippen LogP contribution >= 0.6 is 0 Å². The summed E-state index contributed by atoms with van der Waals surface area (Å²) in [7, 11) is 1.94. The average molecular weight is 212 g/mol. The van der Waals surface area contributed by atoms with E-state index >= 15 is 0 Å². The molecule has 15 heavy (non-hydrogen) atoms. The molecule has 0 bridgehead atoms. The van der Waals surface area contributed by atoms with Crippen molar-refractivity contribution in [3.8, 4) is 0 Å². The molecule has 0 spiro atoms. The van der Waals surface area contributed by atoms with E-state index in [9.17, 15) is 5.11 Å². The van der Waals surface area contributed by atoms with Crippen LogP contribution in [-0.4, -0.2) is 32.5 Å². The van der Waals surface area contributed by atoms with Gasteiger partial charge in [-0.25, -0.2) is 0 Å². The summed E-state index contributed by atoms with van der Waals surface area (Å²) in [5.74, 6) is 1.80. The van der Waals surface area contributed by atoms with Crippen LogP contribution in [0.1, 0.15) is 31.4 Å². The Labute approximate surface area is 90.5 Å². The summed E-state index contributed by atoms with van der Waals surface area (Å²) in [6.07, 6.45) is 1.58. The van der Waals surface area contributed by atoms with Crippen molar-refractivity contribution in [2.24, 2.45) is 7.05 Å². The topological polar surface area (TPSA) is 63.0 Å². The first-order valence-corrected chi connectivity index (χ1v) is 5.38. The molecule has 0 saturated heterocycles. The molecule has 1 rings (SSSR count). The first-order chi connectivity index (χ1) is 7.15. The molecular formula is C10H20N4O. The zero-order valence-corrected chi connectivity index (χ0v) is 9.69. The van der Waals surface area contributed by atoms with Crippen LogP contribution in [0.25, 0.3) is 0 Å². The molecule has 0 radical (unpaired) electrons. The highest BCUT2D eigenvalue weighted by Crippen LogP contribution is 1.98. The molecule has 1 aromatic rings. The van der Waals surface area contributed by atoms with Gasteiger partial charge < -0.3 is 15.0 Å². The number of nitrogens with one attached hydrogen (secondary N) is 1. The van der Waals surface area contributed by atoms with E-state index in [1.165, 1.54) is 0 Å². The second-order valence-corrected chi connectivity index (χ2v) is 3.80. The molecule has 2 N–H and O–H groups in total. The molecule has 1 aromatic heterocycles. The van der Waals surface area contributed by atoms with E-state index in [-0.39, 0.29) is 6.10 Å². The summed E-state index contributed by atoms with van der Waals surface area (Å²) >= 11 is 0. The molecule has 1 heterocycles. The van der Waals surface area contributed by atoms with Gasteiger partial charge in [0.25, 0.3) is 0 Å². The SMILES string of the molecule is CCCC(O)CNCc1nnc(C)n1C. The predicted molar refractivity (Wildman–Crippen MR) is 58.4 cm³/mol. The Morgan fingerprint density at radius 3 is 2.73 bits per heavy atom. The summed E-state index contributed by atoms with van der Waals surface area (Å²) in [4.78, 5) is 0. The second kappa shape index (κ2) is 5.82. The Morgan fingerprint density at radius 2 is 2.20 bits per heavy atom. The molecule has 0 aromatic carbocycles. The third-order valence-corrected chi connectivity index (χ3v) is 2.47. The van der Waals surface area contributed by atoms with Crippen LogP contribution in [0.15, 0.2) is 0 Å². The Hall–Kier alpha value is -0.940. The summed E-state index contributed by atoms with van der Waals surface area (Å²) < 4.78 is 1.94. The van der Waals surface area contributed by atoms with Gasteiger partial charge in [0.05, 0.1) is 12.6 Å². The Bertz CT molecular complexity index is 298. The molecule has 5 nitrogen and oxygen atoms in total. The van der Waals surface area contributed by atoms with Gasteiger partial charge in [0.2, 0.25) is 0 Å². The highest BCUT2D eigenvalue weighted by atomic mass is 16.3. The molecule has 0 saturated carbocycles. The van der Waals surface area contributed by atoms with E-state index in [2.05, 4.69) is 22.4 Å². The fourth-order valence-electron chi connectivity index (χ4n) is 1.39. The number of aryl methyl sites for hydroxylation is 1. The van der Waals surface area contributed by atoms with Crippen molar-refractivity contribution in [1.29, 1.82) is 0 Å². The summed E-state index contributed by atoms with van der Waals surface area (Å²) in [5.41, 5.74) is 0. The maximum Gasteiger partial charge on any atom is 0.146 e. The zero-order chi connectivity index (χ0) is 11.3. The van der Waals surface area contributed by atoms with Gasteiger partial charge in [0, 0.05) is 13.6 Å². The van der Waals surface area contributed by atoms with Crippen LogP contribution in [0.2, 0.25) is 0 Å². The van der Waals surface area contributed by atoms with E-state index in [4.69, 9.17) is 0 Å². The fourth-order valence-corrected chi connectivity index (χ4v) is 1.39. The Morgan fingerprint density at radius 1 is 1.47 bits per heavy atom. The van der Waals surface area contributed by atoms with E-state index in [1.54, 1.807) is 0 Å². The van der Waals surface area contributed by atoms with Gasteiger partial charge in [-0.3, -0.25) is 0 Å². The van der Waals surface area contributed by atoms with Gasteiger partial charge >= 0.3 is 0 Å². The van der Waals surface area contributed by atoms with Gasteiger partial charge in [0.1, 0.15) is 11.6 Å². The van der Waals surface area contributed by atoms with Crippen molar-refractivity contribution < 1.29 is 5.11 Å². The highest BCUT2D eigenvalue weighted by Gasteiger charge is 2.05. The number of aliphatic hydroxyl groups is 1. The van der Waals surface area contributed by atoms with Gasteiger partial charge in [-0.15, -0.1) is 10.2 Å². The maximum absolute atomic E-state index is 9.50. The highest BCUT2D eigenvalue weighted by molar-refractivity contribution is 4.91. The lowest BCUT2D eigenvalue weighted by Crippen LogP contribution is -2.27. The normalized spacial score (nSPS) is 13.1. The molecule has 0 aliphatic heterocycles. The Kier molecular flexibility index (Phi) is 4.71. The van der Waals surface area contributed by atoms with Crippen LogP contribution in [0.4, 0.5) is 0 Å². The number of hydrogen-bond donors (Lipinski definition) is 2. The van der Waals surface area contributed by atoms with Crippen molar-refractivity contribution in [2.75, 3.05) is 6.54 Å². The van der Waals surface area contributed by atoms with E-state index in [1.807, 2.05) is 18.5 Å². The molecule has 86 valence electrons. The number of aliphatic hydroxyl groups excluding tert-OH is 1. The van der Waals surface area contributed by atoms with Gasteiger partial charge in [-0.05, 0) is 13.3 Å². The molecule has 0 fully saturated rings. The quantitative estimate of drug-likeness (QED) is 0.715.